The van der Waals surface area contributed by atoms with Crippen LogP contribution in [-0.4, -0.2) is 23.8 Å². The average molecular weight is 275 g/mol. The molecule has 0 heterocycles. The Hall–Kier alpha value is -0.630. The van der Waals surface area contributed by atoms with Crippen molar-refractivity contribution in [1.82, 2.24) is 5.32 Å². The third-order valence-corrected chi connectivity index (χ3v) is 3.01. The smallest absolute Gasteiger partial charge is 0.408 e. The monoisotopic (exact) mass is 275 g/mol. The molecule has 0 aliphatic rings. The summed E-state index contributed by atoms with van der Waals surface area (Å²) in [4.78, 5) is 22.1. The summed E-state index contributed by atoms with van der Waals surface area (Å²) in [6, 6.07) is 0. The molecule has 3 unspecified atom stereocenters. The van der Waals surface area contributed by atoms with Gasteiger partial charge in [0.15, 0.2) is 0 Å². The zero-order valence-electron chi connectivity index (χ0n) is 11.9. The fraction of sp³-hybridized carbons (Fsp3) is 0.846. The standard InChI is InChI=1S/C13H26NO3P/c1-5-10(9-15)7-6-8-11(18)14-12(16)17-13(2,3)4/h9-11H,5-8,18H2,1-4H3,(H,14,16). The lowest BCUT2D eigenvalue weighted by molar-refractivity contribution is -0.111. The van der Waals surface area contributed by atoms with E-state index in [4.69, 9.17) is 4.74 Å². The van der Waals surface area contributed by atoms with E-state index in [2.05, 4.69) is 14.6 Å². The quantitative estimate of drug-likeness (QED) is 0.573. The molecule has 0 aliphatic carbocycles. The Morgan fingerprint density at radius 2 is 2.00 bits per heavy atom. The minimum atomic E-state index is -0.473. The first kappa shape index (κ1) is 17.4. The molecule has 4 nitrogen and oxygen atoms in total. The van der Waals surface area contributed by atoms with E-state index in [0.717, 1.165) is 32.0 Å². The van der Waals surface area contributed by atoms with Gasteiger partial charge in [-0.3, -0.25) is 0 Å². The third kappa shape index (κ3) is 9.41. The summed E-state index contributed by atoms with van der Waals surface area (Å²) >= 11 is 0. The minimum Gasteiger partial charge on any atom is -0.444 e. The summed E-state index contributed by atoms with van der Waals surface area (Å²) in [5.74, 6) is 0.132. The normalized spacial score (nSPS) is 14.7. The van der Waals surface area contributed by atoms with E-state index in [9.17, 15) is 9.59 Å². The fourth-order valence-corrected chi connectivity index (χ4v) is 1.87. The van der Waals surface area contributed by atoms with Gasteiger partial charge in [0.1, 0.15) is 11.9 Å². The van der Waals surface area contributed by atoms with Crippen LogP contribution in [0.5, 0.6) is 0 Å². The number of aldehydes is 1. The van der Waals surface area contributed by atoms with Gasteiger partial charge in [-0.05, 0) is 40.0 Å². The Bertz CT molecular complexity index is 263. The number of nitrogens with one attached hydrogen (secondary N) is 1. The molecule has 0 aliphatic heterocycles. The molecule has 0 aromatic carbocycles. The largest absolute Gasteiger partial charge is 0.444 e. The summed E-state index contributed by atoms with van der Waals surface area (Å²) < 4.78 is 5.16. The van der Waals surface area contributed by atoms with Gasteiger partial charge in [-0.2, -0.15) is 0 Å². The van der Waals surface area contributed by atoms with Crippen molar-refractivity contribution in [2.45, 2.75) is 64.8 Å². The highest BCUT2D eigenvalue weighted by atomic mass is 31.0. The van der Waals surface area contributed by atoms with E-state index in [1.165, 1.54) is 0 Å². The molecule has 0 saturated heterocycles. The number of hydrogen-bond acceptors (Lipinski definition) is 3. The molecule has 0 radical (unpaired) electrons. The molecule has 0 saturated carbocycles. The van der Waals surface area contributed by atoms with Crippen molar-refractivity contribution < 1.29 is 14.3 Å². The molecule has 3 atom stereocenters. The third-order valence-electron chi connectivity index (χ3n) is 2.51. The van der Waals surface area contributed by atoms with Gasteiger partial charge >= 0.3 is 6.09 Å². The molecular formula is C13H26NO3P. The zero-order chi connectivity index (χ0) is 14.2. The highest BCUT2D eigenvalue weighted by Crippen LogP contribution is 2.14. The SMILES string of the molecule is CCC(C=O)CCCC(P)NC(=O)OC(C)(C)C. The van der Waals surface area contributed by atoms with Gasteiger partial charge in [0.25, 0.3) is 0 Å². The number of alkyl carbamates (subject to hydrolysis) is 1. The van der Waals surface area contributed by atoms with Gasteiger partial charge < -0.3 is 14.8 Å². The van der Waals surface area contributed by atoms with E-state index >= 15 is 0 Å². The highest BCUT2D eigenvalue weighted by Gasteiger charge is 2.17. The molecule has 18 heavy (non-hydrogen) atoms. The number of rotatable bonds is 7. The van der Waals surface area contributed by atoms with Crippen molar-refractivity contribution >= 4 is 21.6 Å². The molecule has 5 heteroatoms. The topological polar surface area (TPSA) is 55.4 Å². The first-order valence-electron chi connectivity index (χ1n) is 6.49. The maximum absolute atomic E-state index is 11.5. The van der Waals surface area contributed by atoms with Crippen LogP contribution in [0.4, 0.5) is 4.79 Å². The molecule has 0 aromatic rings. The Labute approximate surface area is 112 Å². The number of carbonyl (C=O) groups is 2. The number of hydrogen-bond donors (Lipinski definition) is 1. The van der Waals surface area contributed by atoms with Crippen LogP contribution in [0.1, 0.15) is 53.4 Å². The summed E-state index contributed by atoms with van der Waals surface area (Å²) in [7, 11) is 2.59. The van der Waals surface area contributed by atoms with Crippen LogP contribution >= 0.6 is 9.24 Å². The molecule has 106 valence electrons. The summed E-state index contributed by atoms with van der Waals surface area (Å²) in [6.07, 6.45) is 4.12. The second-order valence-corrected chi connectivity index (χ2v) is 6.29. The second kappa shape index (κ2) is 8.47. The van der Waals surface area contributed by atoms with Gasteiger partial charge in [-0.25, -0.2) is 4.79 Å². The predicted octanol–water partition coefficient (Wildman–Crippen LogP) is 3.11. The molecule has 0 spiro atoms. The van der Waals surface area contributed by atoms with E-state index < -0.39 is 11.7 Å². The second-order valence-electron chi connectivity index (χ2n) is 5.49. The summed E-state index contributed by atoms with van der Waals surface area (Å²) in [6.45, 7) is 7.51. The van der Waals surface area contributed by atoms with Gasteiger partial charge in [0.05, 0.1) is 0 Å². The number of ether oxygens (including phenoxy) is 1. The highest BCUT2D eigenvalue weighted by molar-refractivity contribution is 7.17. The van der Waals surface area contributed by atoms with Gasteiger partial charge in [-0.1, -0.05) is 13.3 Å². The Kier molecular flexibility index (Phi) is 8.17. The van der Waals surface area contributed by atoms with Gasteiger partial charge in [-0.15, -0.1) is 9.24 Å². The summed E-state index contributed by atoms with van der Waals surface area (Å²) in [5.41, 5.74) is -0.473. The van der Waals surface area contributed by atoms with Crippen LogP contribution in [0.2, 0.25) is 0 Å². The Morgan fingerprint density at radius 3 is 2.44 bits per heavy atom. The van der Waals surface area contributed by atoms with Crippen molar-refractivity contribution in [1.29, 1.82) is 0 Å². The number of amides is 1. The van der Waals surface area contributed by atoms with Crippen molar-refractivity contribution in [3.8, 4) is 0 Å². The van der Waals surface area contributed by atoms with E-state index in [-0.39, 0.29) is 11.7 Å². The van der Waals surface area contributed by atoms with Crippen molar-refractivity contribution in [2.24, 2.45) is 5.92 Å². The first-order chi connectivity index (χ1) is 8.28. The van der Waals surface area contributed by atoms with Crippen LogP contribution in [0, 0.1) is 5.92 Å². The van der Waals surface area contributed by atoms with Crippen LogP contribution in [0.15, 0.2) is 0 Å². The maximum Gasteiger partial charge on any atom is 0.408 e. The lowest BCUT2D eigenvalue weighted by atomic mass is 10.0. The lowest BCUT2D eigenvalue weighted by Crippen LogP contribution is -2.36. The van der Waals surface area contributed by atoms with Gasteiger partial charge in [0.2, 0.25) is 0 Å². The van der Waals surface area contributed by atoms with E-state index in [0.29, 0.717) is 0 Å². The molecule has 0 bridgehead atoms. The first-order valence-corrected chi connectivity index (χ1v) is 7.15. The molecular weight excluding hydrogens is 249 g/mol. The Morgan fingerprint density at radius 1 is 1.39 bits per heavy atom. The van der Waals surface area contributed by atoms with Crippen LogP contribution in [0.3, 0.4) is 0 Å². The van der Waals surface area contributed by atoms with Crippen molar-refractivity contribution in [3.63, 3.8) is 0 Å². The van der Waals surface area contributed by atoms with Crippen LogP contribution < -0.4 is 5.32 Å². The molecule has 0 fully saturated rings. The molecule has 0 rings (SSSR count). The van der Waals surface area contributed by atoms with Crippen LogP contribution in [-0.2, 0) is 9.53 Å². The molecule has 1 N–H and O–H groups in total. The van der Waals surface area contributed by atoms with Crippen molar-refractivity contribution in [2.75, 3.05) is 0 Å². The van der Waals surface area contributed by atoms with E-state index in [1.807, 2.05) is 27.7 Å². The predicted molar refractivity (Wildman–Crippen MR) is 76.6 cm³/mol. The number of carbonyl (C=O) groups excluding carboxylic acids is 2. The van der Waals surface area contributed by atoms with Crippen LogP contribution in [0.25, 0.3) is 0 Å². The Balaban J connectivity index is 3.80. The fourth-order valence-electron chi connectivity index (χ4n) is 1.50. The lowest BCUT2D eigenvalue weighted by Gasteiger charge is -2.22. The zero-order valence-corrected chi connectivity index (χ0v) is 13.0. The average Bonchev–Trinajstić information content (AvgIpc) is 2.21. The minimum absolute atomic E-state index is 0.0102. The molecule has 1 amide bonds. The van der Waals surface area contributed by atoms with Gasteiger partial charge in [0, 0.05) is 11.7 Å². The van der Waals surface area contributed by atoms with Crippen molar-refractivity contribution in [3.05, 3.63) is 0 Å². The molecule has 0 aromatic heterocycles. The maximum atomic E-state index is 11.5. The van der Waals surface area contributed by atoms with E-state index in [1.54, 1.807) is 0 Å². The summed E-state index contributed by atoms with van der Waals surface area (Å²) in [5, 5.41) is 2.76.